The van der Waals surface area contributed by atoms with Gasteiger partial charge in [0.2, 0.25) is 5.91 Å². The predicted octanol–water partition coefficient (Wildman–Crippen LogP) is 13.9. The fraction of sp³-hybridized carbons (Fsp3) is 0.673. The average Bonchev–Trinajstić information content (AvgIpc) is 3.21. The normalized spacial score (nSPS) is 15.1. The van der Waals surface area contributed by atoms with Crippen LogP contribution >= 0.6 is 7.82 Å². The van der Waals surface area contributed by atoms with E-state index in [2.05, 4.69) is 104 Å². The molecule has 0 aromatic rings. The summed E-state index contributed by atoms with van der Waals surface area (Å²) in [5.74, 6) is -0.198. The van der Waals surface area contributed by atoms with Gasteiger partial charge in [0.05, 0.1) is 39.9 Å². The van der Waals surface area contributed by atoms with E-state index in [-0.39, 0.29) is 19.1 Å². The Morgan fingerprint density at radius 2 is 1.00 bits per heavy atom. The van der Waals surface area contributed by atoms with E-state index in [4.69, 9.17) is 9.05 Å². The summed E-state index contributed by atoms with van der Waals surface area (Å²) < 4.78 is 23.5. The van der Waals surface area contributed by atoms with Crippen LogP contribution in [0.3, 0.4) is 0 Å². The number of phosphoric acid groups is 1. The summed E-state index contributed by atoms with van der Waals surface area (Å²) in [5.41, 5.74) is 0. The number of nitrogens with one attached hydrogen (secondary N) is 1. The molecule has 0 radical (unpaired) electrons. The lowest BCUT2D eigenvalue weighted by atomic mass is 10.0. The lowest BCUT2D eigenvalue weighted by Gasteiger charge is -2.25. The van der Waals surface area contributed by atoms with E-state index >= 15 is 0 Å². The van der Waals surface area contributed by atoms with Crippen molar-refractivity contribution in [3.63, 3.8) is 0 Å². The molecule has 0 aliphatic rings. The van der Waals surface area contributed by atoms with E-state index in [1.807, 2.05) is 27.2 Å². The summed E-state index contributed by atoms with van der Waals surface area (Å²) in [4.78, 5) is 23.1. The summed E-state index contributed by atoms with van der Waals surface area (Å²) in [6, 6.07) is -0.867. The molecular formula is C52H92N2O6P+. The first-order valence-electron chi connectivity index (χ1n) is 24.1. The Morgan fingerprint density at radius 3 is 1.51 bits per heavy atom. The van der Waals surface area contributed by atoms with Gasteiger partial charge in [0.25, 0.3) is 0 Å². The zero-order valence-electron chi connectivity index (χ0n) is 39.6. The molecule has 8 nitrogen and oxygen atoms in total. The van der Waals surface area contributed by atoms with Gasteiger partial charge in [0.1, 0.15) is 13.2 Å². The van der Waals surface area contributed by atoms with E-state index in [1.54, 1.807) is 6.08 Å². The molecule has 3 atom stereocenters. The Bertz CT molecular complexity index is 1310. The van der Waals surface area contributed by atoms with E-state index < -0.39 is 20.0 Å². The molecule has 0 aromatic heterocycles. The molecule has 1 amide bonds. The van der Waals surface area contributed by atoms with Crippen molar-refractivity contribution >= 4 is 13.7 Å². The zero-order valence-corrected chi connectivity index (χ0v) is 40.5. The molecule has 0 aliphatic heterocycles. The van der Waals surface area contributed by atoms with Gasteiger partial charge in [-0.25, -0.2) is 4.57 Å². The Hall–Kier alpha value is -2.58. The van der Waals surface area contributed by atoms with Crippen LogP contribution in [0.2, 0.25) is 0 Å². The molecule has 3 N–H and O–H groups in total. The highest BCUT2D eigenvalue weighted by molar-refractivity contribution is 7.47. The lowest BCUT2D eigenvalue weighted by Crippen LogP contribution is -2.45. The second-order valence-electron chi connectivity index (χ2n) is 17.1. The lowest BCUT2D eigenvalue weighted by molar-refractivity contribution is -0.870. The molecule has 0 rings (SSSR count). The Kier molecular flexibility index (Phi) is 40.9. The maximum absolute atomic E-state index is 12.8. The first-order valence-corrected chi connectivity index (χ1v) is 25.6. The van der Waals surface area contributed by atoms with E-state index in [1.165, 1.54) is 77.0 Å². The SMILES string of the molecule is CC/C=C\C/C=C\C/C=C\C/C=C\C/C=C\C/C=C\CCCCCCCCCCCCCCC(=O)NC(COP(=O)(O)OCC[N+](C)(C)C)C(O)/C=C/CC/C=C/CCCC. The highest BCUT2D eigenvalue weighted by Gasteiger charge is 2.27. The second kappa shape index (κ2) is 42.7. The number of nitrogens with zero attached hydrogens (tertiary/aromatic N) is 1. The average molecular weight is 872 g/mol. The fourth-order valence-corrected chi connectivity index (χ4v) is 6.96. The van der Waals surface area contributed by atoms with Crippen molar-refractivity contribution in [2.75, 3.05) is 40.9 Å². The van der Waals surface area contributed by atoms with E-state index in [9.17, 15) is 19.4 Å². The molecule has 61 heavy (non-hydrogen) atoms. The van der Waals surface area contributed by atoms with Gasteiger partial charge < -0.3 is 19.8 Å². The first-order chi connectivity index (χ1) is 29.5. The third-order valence-electron chi connectivity index (χ3n) is 10.0. The summed E-state index contributed by atoms with van der Waals surface area (Å²) in [6.45, 7) is 4.58. The zero-order chi connectivity index (χ0) is 45.0. The number of rotatable bonds is 42. The summed E-state index contributed by atoms with van der Waals surface area (Å²) in [7, 11) is 1.54. The number of hydrogen-bond donors (Lipinski definition) is 3. The van der Waals surface area contributed by atoms with Crippen molar-refractivity contribution in [3.8, 4) is 0 Å². The summed E-state index contributed by atoms with van der Waals surface area (Å²) in [5, 5.41) is 13.7. The predicted molar refractivity (Wildman–Crippen MR) is 262 cm³/mol. The van der Waals surface area contributed by atoms with Crippen molar-refractivity contribution in [2.45, 2.75) is 187 Å². The molecule has 0 aliphatic carbocycles. The maximum atomic E-state index is 12.8. The van der Waals surface area contributed by atoms with Crippen LogP contribution in [0.1, 0.15) is 174 Å². The number of aliphatic hydroxyl groups is 1. The number of hydrogen-bond acceptors (Lipinski definition) is 5. The summed E-state index contributed by atoms with van der Waals surface area (Å²) >= 11 is 0. The van der Waals surface area contributed by atoms with E-state index in [0.29, 0.717) is 17.4 Å². The number of amides is 1. The molecule has 0 saturated carbocycles. The number of likely N-dealkylation sites (N-methyl/N-ethyl adjacent to an activating group) is 1. The van der Waals surface area contributed by atoms with Gasteiger partial charge in [0, 0.05) is 6.42 Å². The number of allylic oxidation sites excluding steroid dienone is 15. The standard InChI is InChI=1S/C52H91N2O6P/c1-6-8-10-12-14-16-17-18-19-20-21-22-23-24-25-26-27-28-29-30-31-32-33-34-35-36-37-38-40-42-44-46-52(56)53-50(49-60-61(57,58)59-48-47-54(3,4)5)51(55)45-43-41-39-15-13-11-9-7-2/h8,10,13-16,18-19,21-22,24-25,27-28,43,45,50-51,55H,6-7,9,11-12,17,20,23,26,29-42,44,46-49H2,1-5H3,(H-,53,56,57,58)/p+1/b10-8-,15-13+,16-14-,19-18-,22-21-,25-24-,28-27-,45-43+. The molecule has 350 valence electrons. The minimum absolute atomic E-state index is 0.0510. The van der Waals surface area contributed by atoms with Gasteiger partial charge in [-0.1, -0.05) is 188 Å². The van der Waals surface area contributed by atoms with Gasteiger partial charge in [-0.15, -0.1) is 0 Å². The van der Waals surface area contributed by atoms with Gasteiger partial charge in [-0.3, -0.25) is 13.8 Å². The smallest absolute Gasteiger partial charge is 0.387 e. The first kappa shape index (κ1) is 58.4. The number of quaternary nitrogens is 1. The number of carbonyl (C=O) groups is 1. The van der Waals surface area contributed by atoms with Gasteiger partial charge in [-0.2, -0.15) is 0 Å². The summed E-state index contributed by atoms with van der Waals surface area (Å²) in [6.07, 6.45) is 60.9. The van der Waals surface area contributed by atoms with E-state index in [0.717, 1.165) is 77.0 Å². The van der Waals surface area contributed by atoms with Gasteiger partial charge in [0.15, 0.2) is 0 Å². The molecule has 0 fully saturated rings. The molecule has 0 saturated heterocycles. The largest absolute Gasteiger partial charge is 0.472 e. The van der Waals surface area contributed by atoms with Crippen LogP contribution in [-0.4, -0.2) is 73.4 Å². The van der Waals surface area contributed by atoms with Crippen molar-refractivity contribution in [3.05, 3.63) is 97.2 Å². The van der Waals surface area contributed by atoms with Crippen molar-refractivity contribution in [2.24, 2.45) is 0 Å². The third-order valence-corrected chi connectivity index (χ3v) is 11.0. The highest BCUT2D eigenvalue weighted by Crippen LogP contribution is 2.43. The molecule has 0 bridgehead atoms. The highest BCUT2D eigenvalue weighted by atomic mass is 31.2. The maximum Gasteiger partial charge on any atom is 0.472 e. The molecule has 0 aromatic carbocycles. The molecule has 0 heterocycles. The number of aliphatic hydroxyl groups excluding tert-OH is 1. The molecule has 9 heteroatoms. The number of unbranched alkanes of at least 4 members (excludes halogenated alkanes) is 15. The fourth-order valence-electron chi connectivity index (χ4n) is 6.22. The Labute approximate surface area is 375 Å². The minimum Gasteiger partial charge on any atom is -0.387 e. The van der Waals surface area contributed by atoms with Gasteiger partial charge in [-0.05, 0) is 77.0 Å². The quantitative estimate of drug-likeness (QED) is 0.0244. The number of phosphoric ester groups is 1. The van der Waals surface area contributed by atoms with Crippen LogP contribution in [0.25, 0.3) is 0 Å². The third kappa shape index (κ3) is 45.3. The Morgan fingerprint density at radius 1 is 0.574 bits per heavy atom. The molecular weight excluding hydrogens is 780 g/mol. The number of carbonyl (C=O) groups excluding carboxylic acids is 1. The van der Waals surface area contributed by atoms with Crippen LogP contribution in [0, 0.1) is 0 Å². The van der Waals surface area contributed by atoms with Crippen molar-refractivity contribution < 1.29 is 32.9 Å². The monoisotopic (exact) mass is 872 g/mol. The molecule has 3 unspecified atom stereocenters. The minimum atomic E-state index is -4.34. The Balaban J connectivity index is 4.08. The topological polar surface area (TPSA) is 105 Å². The van der Waals surface area contributed by atoms with Crippen LogP contribution in [0.4, 0.5) is 0 Å². The van der Waals surface area contributed by atoms with Crippen molar-refractivity contribution in [1.82, 2.24) is 5.32 Å². The van der Waals surface area contributed by atoms with Crippen LogP contribution < -0.4 is 5.32 Å². The van der Waals surface area contributed by atoms with Gasteiger partial charge >= 0.3 is 7.82 Å². The van der Waals surface area contributed by atoms with Crippen LogP contribution in [-0.2, 0) is 18.4 Å². The second-order valence-corrected chi connectivity index (χ2v) is 18.5. The molecule has 0 spiro atoms. The van der Waals surface area contributed by atoms with Crippen LogP contribution in [0.5, 0.6) is 0 Å². The van der Waals surface area contributed by atoms with Crippen molar-refractivity contribution in [1.29, 1.82) is 0 Å². The van der Waals surface area contributed by atoms with Crippen LogP contribution in [0.15, 0.2) is 97.2 Å².